The molecule has 4 heterocycles. The van der Waals surface area contributed by atoms with Crippen molar-refractivity contribution in [3.63, 3.8) is 0 Å². The first-order valence-electron chi connectivity index (χ1n) is 13.6. The Hall–Kier alpha value is -3.77. The standard InChI is InChI=1S/C29H35F2N5O5/c1-5-21(38)34-10-11-35-18(15-34)16-41-26-23(28(35)39)27(36-14-17(13-29(36,2)3)32-9-12-40-4)33-25(24(26)31)22-19(30)7-6-8-20(22)37/h5-8,17-18,32,37H,1,9-16H2,2-4H3/t17?,18-/m1/s1. The summed E-state index contributed by atoms with van der Waals surface area (Å²) in [5.41, 5.74) is -1.45. The van der Waals surface area contributed by atoms with Gasteiger partial charge in [-0.25, -0.2) is 13.8 Å². The average molecular weight is 572 g/mol. The maximum atomic E-state index is 16.3. The highest BCUT2D eigenvalue weighted by atomic mass is 19.1. The van der Waals surface area contributed by atoms with E-state index in [2.05, 4.69) is 16.9 Å². The summed E-state index contributed by atoms with van der Waals surface area (Å²) in [6.45, 7) is 9.70. The van der Waals surface area contributed by atoms with E-state index in [1.807, 2.05) is 18.7 Å². The number of nitrogens with one attached hydrogen (secondary N) is 1. The molecule has 1 aromatic heterocycles. The van der Waals surface area contributed by atoms with E-state index in [1.165, 1.54) is 18.2 Å². The van der Waals surface area contributed by atoms with Gasteiger partial charge < -0.3 is 34.6 Å². The summed E-state index contributed by atoms with van der Waals surface area (Å²) in [5, 5.41) is 14.0. The minimum atomic E-state index is -1.04. The van der Waals surface area contributed by atoms with Crippen LogP contribution in [0.5, 0.6) is 11.5 Å². The molecule has 2 N–H and O–H groups in total. The predicted molar refractivity (Wildman–Crippen MR) is 148 cm³/mol. The minimum absolute atomic E-state index is 0.0102. The van der Waals surface area contributed by atoms with Crippen LogP contribution < -0.4 is 15.0 Å². The highest BCUT2D eigenvalue weighted by molar-refractivity contribution is 6.03. The third-order valence-corrected chi connectivity index (χ3v) is 8.04. The van der Waals surface area contributed by atoms with E-state index in [0.29, 0.717) is 26.1 Å². The third-order valence-electron chi connectivity index (χ3n) is 8.04. The van der Waals surface area contributed by atoms with Crippen LogP contribution in [0.1, 0.15) is 30.6 Å². The van der Waals surface area contributed by atoms with Crippen molar-refractivity contribution < 1.29 is 33.0 Å². The van der Waals surface area contributed by atoms with Gasteiger partial charge in [0, 0.05) is 51.4 Å². The molecule has 1 aromatic carbocycles. The number of aromatic hydroxyl groups is 1. The number of amides is 2. The van der Waals surface area contributed by atoms with E-state index >= 15 is 8.78 Å². The zero-order chi connectivity index (χ0) is 29.5. The first kappa shape index (κ1) is 28.7. The number of phenols is 1. The minimum Gasteiger partial charge on any atom is -0.507 e. The Balaban J connectivity index is 1.64. The van der Waals surface area contributed by atoms with Crippen molar-refractivity contribution in [3.8, 4) is 22.8 Å². The largest absolute Gasteiger partial charge is 0.507 e. The second kappa shape index (κ2) is 11.2. The van der Waals surface area contributed by atoms with Gasteiger partial charge in [0.2, 0.25) is 5.91 Å². The molecule has 220 valence electrons. The zero-order valence-electron chi connectivity index (χ0n) is 23.5. The van der Waals surface area contributed by atoms with Gasteiger partial charge in [-0.2, -0.15) is 0 Å². The number of methoxy groups -OCH3 is 1. The number of nitrogens with zero attached hydrogens (tertiary/aromatic N) is 4. The van der Waals surface area contributed by atoms with Crippen molar-refractivity contribution in [2.75, 3.05) is 57.9 Å². The van der Waals surface area contributed by atoms with E-state index < -0.39 is 46.1 Å². The van der Waals surface area contributed by atoms with E-state index in [9.17, 15) is 14.7 Å². The molecular weight excluding hydrogens is 536 g/mol. The number of rotatable bonds is 7. The van der Waals surface area contributed by atoms with Gasteiger partial charge in [0.15, 0.2) is 11.6 Å². The Morgan fingerprint density at radius 3 is 2.78 bits per heavy atom. The van der Waals surface area contributed by atoms with Crippen LogP contribution in [0.25, 0.3) is 11.3 Å². The van der Waals surface area contributed by atoms with Crippen LogP contribution >= 0.6 is 0 Å². The number of pyridine rings is 1. The molecule has 41 heavy (non-hydrogen) atoms. The molecule has 12 heteroatoms. The average Bonchev–Trinajstić information content (AvgIpc) is 3.16. The van der Waals surface area contributed by atoms with Gasteiger partial charge in [-0.15, -0.1) is 0 Å². The molecule has 0 bridgehead atoms. The molecule has 2 atom stereocenters. The molecule has 2 amide bonds. The molecule has 3 aliphatic heterocycles. The van der Waals surface area contributed by atoms with Crippen LogP contribution in [0.2, 0.25) is 0 Å². The molecule has 0 spiro atoms. The van der Waals surface area contributed by atoms with Gasteiger partial charge in [-0.3, -0.25) is 9.59 Å². The van der Waals surface area contributed by atoms with Crippen LogP contribution in [0.3, 0.4) is 0 Å². The van der Waals surface area contributed by atoms with Crippen LogP contribution in [0.15, 0.2) is 30.9 Å². The number of hydrogen-bond acceptors (Lipinski definition) is 8. The summed E-state index contributed by atoms with van der Waals surface area (Å²) in [6.07, 6.45) is 1.90. The highest BCUT2D eigenvalue weighted by Gasteiger charge is 2.45. The summed E-state index contributed by atoms with van der Waals surface area (Å²) in [5.74, 6) is -3.34. The number of phenolic OH excluding ortho intramolecular Hbond substituents is 1. The van der Waals surface area contributed by atoms with E-state index in [4.69, 9.17) is 9.47 Å². The summed E-state index contributed by atoms with van der Waals surface area (Å²) in [6, 6.07) is 3.13. The van der Waals surface area contributed by atoms with Gasteiger partial charge in [0.25, 0.3) is 5.91 Å². The number of fused-ring (bicyclic) bond motifs is 2. The molecule has 0 aliphatic carbocycles. The Morgan fingerprint density at radius 1 is 1.29 bits per heavy atom. The fourth-order valence-corrected chi connectivity index (χ4v) is 6.00. The SMILES string of the molecule is C=CC(=O)N1CCN2C(=O)c3c(N4CC(NCCOC)CC4(C)C)nc(-c4c(O)cccc4F)c(F)c3OC[C@H]2C1. The van der Waals surface area contributed by atoms with Crippen molar-refractivity contribution in [3.05, 3.63) is 48.1 Å². The summed E-state index contributed by atoms with van der Waals surface area (Å²) >= 11 is 0. The number of piperazine rings is 1. The number of ether oxygens (including phenoxy) is 2. The lowest BCUT2D eigenvalue weighted by Crippen LogP contribution is -2.57. The van der Waals surface area contributed by atoms with Crippen molar-refractivity contribution in [1.29, 1.82) is 0 Å². The van der Waals surface area contributed by atoms with Crippen LogP contribution in [0, 0.1) is 11.6 Å². The number of aromatic nitrogens is 1. The molecule has 10 nitrogen and oxygen atoms in total. The van der Waals surface area contributed by atoms with Crippen LogP contribution in [-0.2, 0) is 9.53 Å². The third kappa shape index (κ3) is 5.21. The molecule has 2 saturated heterocycles. The fourth-order valence-electron chi connectivity index (χ4n) is 6.00. The fraction of sp³-hybridized carbons (Fsp3) is 0.483. The molecule has 0 saturated carbocycles. The van der Waals surface area contributed by atoms with Gasteiger partial charge >= 0.3 is 0 Å². The van der Waals surface area contributed by atoms with Crippen LogP contribution in [0.4, 0.5) is 14.6 Å². The van der Waals surface area contributed by atoms with E-state index in [-0.39, 0.29) is 55.3 Å². The Morgan fingerprint density at radius 2 is 2.07 bits per heavy atom. The first-order valence-corrected chi connectivity index (χ1v) is 13.6. The van der Waals surface area contributed by atoms with Crippen LogP contribution in [-0.4, -0.2) is 102 Å². The first-order chi connectivity index (χ1) is 19.6. The molecule has 1 unspecified atom stereocenters. The maximum Gasteiger partial charge on any atom is 0.262 e. The molecule has 0 radical (unpaired) electrons. The Bertz CT molecular complexity index is 1350. The highest BCUT2D eigenvalue weighted by Crippen LogP contribution is 2.45. The number of halogens is 2. The monoisotopic (exact) mass is 571 g/mol. The number of carbonyl (C=O) groups is 2. The lowest BCUT2D eigenvalue weighted by Gasteiger charge is -2.40. The van der Waals surface area contributed by atoms with Gasteiger partial charge in [0.1, 0.15) is 35.2 Å². The molecule has 2 fully saturated rings. The second-order valence-corrected chi connectivity index (χ2v) is 11.2. The van der Waals surface area contributed by atoms with Gasteiger partial charge in [-0.05, 0) is 38.5 Å². The number of carbonyl (C=O) groups excluding carboxylic acids is 2. The van der Waals surface area contributed by atoms with Gasteiger partial charge in [-0.1, -0.05) is 12.6 Å². The quantitative estimate of drug-likeness (QED) is 0.386. The molecule has 2 aromatic rings. The number of benzene rings is 1. The maximum absolute atomic E-state index is 16.3. The Kier molecular flexibility index (Phi) is 7.89. The number of anilines is 1. The molecule has 5 rings (SSSR count). The normalized spacial score (nSPS) is 21.7. The Labute approximate surface area is 237 Å². The molecular formula is C29H35F2N5O5. The second-order valence-electron chi connectivity index (χ2n) is 11.2. The predicted octanol–water partition coefficient (Wildman–Crippen LogP) is 2.56. The van der Waals surface area contributed by atoms with Gasteiger partial charge in [0.05, 0.1) is 18.2 Å². The lowest BCUT2D eigenvalue weighted by atomic mass is 9.99. The molecule has 3 aliphatic rings. The summed E-state index contributed by atoms with van der Waals surface area (Å²) in [7, 11) is 1.62. The number of hydrogen-bond donors (Lipinski definition) is 2. The van der Waals surface area contributed by atoms with Crippen molar-refractivity contribution in [2.24, 2.45) is 0 Å². The van der Waals surface area contributed by atoms with Crippen molar-refractivity contribution >= 4 is 17.6 Å². The van der Waals surface area contributed by atoms with Crippen molar-refractivity contribution in [1.82, 2.24) is 20.1 Å². The lowest BCUT2D eigenvalue weighted by molar-refractivity contribution is -0.128. The smallest absolute Gasteiger partial charge is 0.262 e. The van der Waals surface area contributed by atoms with E-state index in [1.54, 1.807) is 16.9 Å². The zero-order valence-corrected chi connectivity index (χ0v) is 23.5. The summed E-state index contributed by atoms with van der Waals surface area (Å²) in [4.78, 5) is 36.1. The van der Waals surface area contributed by atoms with E-state index in [0.717, 1.165) is 6.07 Å². The topological polar surface area (TPSA) is 107 Å². The summed E-state index contributed by atoms with van der Waals surface area (Å²) < 4.78 is 42.5. The van der Waals surface area contributed by atoms with Crippen molar-refractivity contribution in [2.45, 2.75) is 37.9 Å².